The SMILES string of the molecule is CNCC1(CN(C)Cc2ccc(C)o2)CCCOC1. The molecule has 1 aliphatic heterocycles. The first kappa shape index (κ1) is 14.6. The van der Waals surface area contributed by atoms with Gasteiger partial charge in [-0.25, -0.2) is 0 Å². The van der Waals surface area contributed by atoms with Gasteiger partial charge in [-0.1, -0.05) is 0 Å². The Hall–Kier alpha value is -0.840. The number of rotatable bonds is 6. The van der Waals surface area contributed by atoms with E-state index in [2.05, 4.69) is 23.3 Å². The third kappa shape index (κ3) is 4.06. The second-order valence-electron chi connectivity index (χ2n) is 5.87. The van der Waals surface area contributed by atoms with Gasteiger partial charge in [-0.3, -0.25) is 4.90 Å². The molecule has 0 aromatic carbocycles. The standard InChI is InChI=1S/C15H26N2O2/c1-13-5-6-14(19-13)9-17(3)11-15(10-16-2)7-4-8-18-12-15/h5-6,16H,4,7-12H2,1-3H3. The van der Waals surface area contributed by atoms with Crippen LogP contribution < -0.4 is 5.32 Å². The quantitative estimate of drug-likeness (QED) is 0.855. The number of aryl methyl sites for hydroxylation is 1. The summed E-state index contributed by atoms with van der Waals surface area (Å²) in [6, 6.07) is 4.09. The van der Waals surface area contributed by atoms with Crippen molar-refractivity contribution in [2.75, 3.05) is 40.4 Å². The van der Waals surface area contributed by atoms with Crippen molar-refractivity contribution in [3.8, 4) is 0 Å². The van der Waals surface area contributed by atoms with Crippen LogP contribution in [0, 0.1) is 12.3 Å². The van der Waals surface area contributed by atoms with Gasteiger partial charge in [-0.2, -0.15) is 0 Å². The average Bonchev–Trinajstić information content (AvgIpc) is 2.75. The molecule has 0 amide bonds. The largest absolute Gasteiger partial charge is 0.465 e. The molecular formula is C15H26N2O2. The molecule has 1 atom stereocenters. The van der Waals surface area contributed by atoms with Crippen LogP contribution in [0.2, 0.25) is 0 Å². The minimum absolute atomic E-state index is 0.239. The number of furan rings is 1. The van der Waals surface area contributed by atoms with E-state index in [-0.39, 0.29) is 5.41 Å². The summed E-state index contributed by atoms with van der Waals surface area (Å²) in [5, 5.41) is 3.32. The Balaban J connectivity index is 1.92. The minimum Gasteiger partial charge on any atom is -0.465 e. The molecule has 0 radical (unpaired) electrons. The molecule has 19 heavy (non-hydrogen) atoms. The van der Waals surface area contributed by atoms with Gasteiger partial charge < -0.3 is 14.5 Å². The Kier molecular flexibility index (Phi) is 5.02. The van der Waals surface area contributed by atoms with E-state index in [1.807, 2.05) is 20.0 Å². The van der Waals surface area contributed by atoms with E-state index in [1.165, 1.54) is 6.42 Å². The minimum atomic E-state index is 0.239. The zero-order valence-corrected chi connectivity index (χ0v) is 12.4. The maximum atomic E-state index is 5.70. The molecule has 0 aliphatic carbocycles. The lowest BCUT2D eigenvalue weighted by Crippen LogP contribution is -2.47. The van der Waals surface area contributed by atoms with Gasteiger partial charge in [-0.05, 0) is 46.0 Å². The number of hydrogen-bond acceptors (Lipinski definition) is 4. The molecule has 0 bridgehead atoms. The van der Waals surface area contributed by atoms with Crippen molar-refractivity contribution in [2.45, 2.75) is 26.3 Å². The predicted octanol–water partition coefficient (Wildman–Crippen LogP) is 2.04. The topological polar surface area (TPSA) is 37.6 Å². The van der Waals surface area contributed by atoms with Gasteiger partial charge in [-0.15, -0.1) is 0 Å². The van der Waals surface area contributed by atoms with E-state index in [4.69, 9.17) is 9.15 Å². The van der Waals surface area contributed by atoms with Crippen LogP contribution in [0.1, 0.15) is 24.4 Å². The number of hydrogen-bond donors (Lipinski definition) is 1. The zero-order valence-electron chi connectivity index (χ0n) is 12.4. The van der Waals surface area contributed by atoms with Crippen LogP contribution in [0.5, 0.6) is 0 Å². The molecule has 0 saturated carbocycles. The van der Waals surface area contributed by atoms with Crippen LogP contribution >= 0.6 is 0 Å². The summed E-state index contributed by atoms with van der Waals surface area (Å²) in [7, 11) is 4.18. The highest BCUT2D eigenvalue weighted by Gasteiger charge is 2.33. The molecular weight excluding hydrogens is 240 g/mol. The number of ether oxygens (including phenoxy) is 1. The first-order valence-electron chi connectivity index (χ1n) is 7.10. The smallest absolute Gasteiger partial charge is 0.118 e. The first-order chi connectivity index (χ1) is 9.13. The summed E-state index contributed by atoms with van der Waals surface area (Å²) in [5.74, 6) is 2.02. The summed E-state index contributed by atoms with van der Waals surface area (Å²) < 4.78 is 11.4. The van der Waals surface area contributed by atoms with Crippen molar-refractivity contribution in [3.05, 3.63) is 23.7 Å². The third-order valence-electron chi connectivity index (χ3n) is 3.78. The van der Waals surface area contributed by atoms with E-state index < -0.39 is 0 Å². The van der Waals surface area contributed by atoms with E-state index in [0.717, 1.165) is 50.8 Å². The van der Waals surface area contributed by atoms with Crippen LogP contribution in [0.3, 0.4) is 0 Å². The second-order valence-corrected chi connectivity index (χ2v) is 5.87. The fraction of sp³-hybridized carbons (Fsp3) is 0.733. The van der Waals surface area contributed by atoms with Crippen molar-refractivity contribution >= 4 is 0 Å². The maximum Gasteiger partial charge on any atom is 0.118 e. The molecule has 108 valence electrons. The van der Waals surface area contributed by atoms with E-state index in [0.29, 0.717) is 0 Å². The van der Waals surface area contributed by atoms with E-state index >= 15 is 0 Å². The van der Waals surface area contributed by atoms with Gasteiger partial charge in [0.1, 0.15) is 11.5 Å². The predicted molar refractivity (Wildman–Crippen MR) is 76.2 cm³/mol. The summed E-state index contributed by atoms with van der Waals surface area (Å²) in [5.41, 5.74) is 0.239. The Morgan fingerprint density at radius 1 is 1.42 bits per heavy atom. The molecule has 1 fully saturated rings. The lowest BCUT2D eigenvalue weighted by Gasteiger charge is -2.39. The van der Waals surface area contributed by atoms with E-state index in [9.17, 15) is 0 Å². The fourth-order valence-corrected chi connectivity index (χ4v) is 3.07. The van der Waals surface area contributed by atoms with Crippen LogP contribution in [0.15, 0.2) is 16.5 Å². The van der Waals surface area contributed by atoms with Gasteiger partial charge in [0.25, 0.3) is 0 Å². The molecule has 1 unspecified atom stereocenters. The van der Waals surface area contributed by atoms with Crippen molar-refractivity contribution in [2.24, 2.45) is 5.41 Å². The molecule has 4 heteroatoms. The van der Waals surface area contributed by atoms with Crippen molar-refractivity contribution in [1.82, 2.24) is 10.2 Å². The molecule has 4 nitrogen and oxygen atoms in total. The highest BCUT2D eigenvalue weighted by molar-refractivity contribution is 5.05. The fourth-order valence-electron chi connectivity index (χ4n) is 3.07. The van der Waals surface area contributed by atoms with Crippen LogP contribution in [0.25, 0.3) is 0 Å². The van der Waals surface area contributed by atoms with Gasteiger partial charge in [0.2, 0.25) is 0 Å². The summed E-state index contributed by atoms with van der Waals surface area (Å²) in [6.45, 7) is 6.66. The van der Waals surface area contributed by atoms with Crippen LogP contribution in [-0.2, 0) is 11.3 Å². The van der Waals surface area contributed by atoms with Crippen molar-refractivity contribution < 1.29 is 9.15 Å². The second kappa shape index (κ2) is 6.55. The molecule has 1 saturated heterocycles. The monoisotopic (exact) mass is 266 g/mol. The van der Waals surface area contributed by atoms with Crippen LogP contribution in [0.4, 0.5) is 0 Å². The molecule has 2 rings (SSSR count). The number of nitrogens with zero attached hydrogens (tertiary/aromatic N) is 1. The molecule has 0 spiro atoms. The van der Waals surface area contributed by atoms with Crippen molar-refractivity contribution in [3.63, 3.8) is 0 Å². The zero-order chi connectivity index (χ0) is 13.7. The molecule has 1 aliphatic rings. The van der Waals surface area contributed by atoms with Gasteiger partial charge in [0.05, 0.1) is 13.2 Å². The van der Waals surface area contributed by atoms with Gasteiger partial charge in [0.15, 0.2) is 0 Å². The number of nitrogens with one attached hydrogen (secondary N) is 1. The lowest BCUT2D eigenvalue weighted by atomic mass is 9.82. The first-order valence-corrected chi connectivity index (χ1v) is 7.10. The lowest BCUT2D eigenvalue weighted by molar-refractivity contribution is -0.0235. The summed E-state index contributed by atoms with van der Waals surface area (Å²) in [6.07, 6.45) is 2.39. The Labute approximate surface area is 116 Å². The molecule has 1 N–H and O–H groups in total. The molecule has 1 aromatic heterocycles. The Bertz CT molecular complexity index is 378. The maximum absolute atomic E-state index is 5.70. The van der Waals surface area contributed by atoms with Gasteiger partial charge >= 0.3 is 0 Å². The summed E-state index contributed by atoms with van der Waals surface area (Å²) in [4.78, 5) is 2.34. The van der Waals surface area contributed by atoms with Crippen molar-refractivity contribution in [1.29, 1.82) is 0 Å². The normalized spacial score (nSPS) is 24.0. The van der Waals surface area contributed by atoms with Gasteiger partial charge in [0, 0.05) is 25.1 Å². The molecule has 2 heterocycles. The van der Waals surface area contributed by atoms with E-state index in [1.54, 1.807) is 0 Å². The Morgan fingerprint density at radius 3 is 2.84 bits per heavy atom. The third-order valence-corrected chi connectivity index (χ3v) is 3.78. The average molecular weight is 266 g/mol. The highest BCUT2D eigenvalue weighted by atomic mass is 16.5. The molecule has 1 aromatic rings. The summed E-state index contributed by atoms with van der Waals surface area (Å²) >= 11 is 0. The highest BCUT2D eigenvalue weighted by Crippen LogP contribution is 2.29. The Morgan fingerprint density at radius 2 is 2.26 bits per heavy atom. The van der Waals surface area contributed by atoms with Crippen LogP contribution in [-0.4, -0.2) is 45.3 Å².